The summed E-state index contributed by atoms with van der Waals surface area (Å²) < 4.78 is 40.8. The first-order valence-electron chi connectivity index (χ1n) is 13.1. The summed E-state index contributed by atoms with van der Waals surface area (Å²) >= 11 is 6.65. The smallest absolute Gasteiger partial charge is 0.249 e. The maximum Gasteiger partial charge on any atom is 0.249 e. The first-order chi connectivity index (χ1) is 17.7. The van der Waals surface area contributed by atoms with Crippen LogP contribution < -0.4 is 5.32 Å². The zero-order chi connectivity index (χ0) is 26.3. The van der Waals surface area contributed by atoms with Crippen molar-refractivity contribution in [2.75, 3.05) is 13.2 Å². The Morgan fingerprint density at radius 1 is 1.24 bits per heavy atom. The average Bonchev–Trinajstić information content (AvgIpc) is 3.52. The van der Waals surface area contributed by atoms with Crippen LogP contribution in [-0.4, -0.2) is 42.5 Å². The number of aromatic nitrogens is 1. The highest BCUT2D eigenvalue weighted by Gasteiger charge is 2.47. The lowest BCUT2D eigenvalue weighted by Gasteiger charge is -2.35. The van der Waals surface area contributed by atoms with E-state index in [-0.39, 0.29) is 30.6 Å². The molecule has 1 aromatic heterocycles. The van der Waals surface area contributed by atoms with Crippen molar-refractivity contribution in [2.45, 2.75) is 76.4 Å². The van der Waals surface area contributed by atoms with Crippen LogP contribution in [-0.2, 0) is 30.8 Å². The number of ether oxygens (including phenoxy) is 2. The van der Waals surface area contributed by atoms with Crippen molar-refractivity contribution in [3.05, 3.63) is 58.8 Å². The molecule has 2 aromatic rings. The molecule has 1 saturated heterocycles. The third-order valence-electron chi connectivity index (χ3n) is 8.02. The van der Waals surface area contributed by atoms with Gasteiger partial charge in [-0.1, -0.05) is 42.8 Å². The summed E-state index contributed by atoms with van der Waals surface area (Å²) in [7, 11) is -4.00. The molecule has 0 spiro atoms. The van der Waals surface area contributed by atoms with E-state index >= 15 is 0 Å². The van der Waals surface area contributed by atoms with Crippen LogP contribution in [0, 0.1) is 5.41 Å². The molecule has 0 radical (unpaired) electrons. The van der Waals surface area contributed by atoms with Crippen molar-refractivity contribution in [1.82, 2.24) is 9.29 Å². The highest BCUT2D eigenvalue weighted by Crippen LogP contribution is 2.45. The van der Waals surface area contributed by atoms with Gasteiger partial charge in [-0.2, -0.15) is 0 Å². The molecule has 5 rings (SSSR count). The summed E-state index contributed by atoms with van der Waals surface area (Å²) in [5.74, 6) is -0.0424. The quantitative estimate of drug-likeness (QED) is 0.456. The van der Waals surface area contributed by atoms with Gasteiger partial charge < -0.3 is 14.8 Å². The second-order valence-corrected chi connectivity index (χ2v) is 13.4. The predicted octanol–water partition coefficient (Wildman–Crippen LogP) is 5.38. The predicted molar refractivity (Wildman–Crippen MR) is 145 cm³/mol. The molecule has 1 N–H and O–H groups in total. The summed E-state index contributed by atoms with van der Waals surface area (Å²) in [6.45, 7) is 4.81. The molecular formula is C28H35ClN2O5S. The van der Waals surface area contributed by atoms with E-state index in [0.29, 0.717) is 41.5 Å². The van der Waals surface area contributed by atoms with Crippen molar-refractivity contribution in [3.8, 4) is 0 Å². The topological polar surface area (TPSA) is 86.6 Å². The minimum atomic E-state index is -4.00. The summed E-state index contributed by atoms with van der Waals surface area (Å²) in [4.78, 5) is 12.7. The van der Waals surface area contributed by atoms with Gasteiger partial charge in [0.15, 0.2) is 6.29 Å². The van der Waals surface area contributed by atoms with Gasteiger partial charge >= 0.3 is 0 Å². The van der Waals surface area contributed by atoms with Gasteiger partial charge in [-0.25, -0.2) is 12.4 Å². The molecule has 3 aliphatic rings. The Balaban J connectivity index is 1.46. The number of fused-ring (bicyclic) bond motifs is 1. The molecule has 1 aromatic carbocycles. The van der Waals surface area contributed by atoms with Gasteiger partial charge in [0, 0.05) is 22.4 Å². The Labute approximate surface area is 223 Å². The van der Waals surface area contributed by atoms with Gasteiger partial charge in [-0.05, 0) is 75.7 Å². The lowest BCUT2D eigenvalue weighted by Crippen LogP contribution is -2.43. The molecule has 2 aliphatic carbocycles. The molecular weight excluding hydrogens is 512 g/mol. The number of benzene rings is 1. The Bertz CT molecular complexity index is 1350. The van der Waals surface area contributed by atoms with E-state index in [1.54, 1.807) is 19.1 Å². The SMILES string of the molecule is CC1(C(=O)NCc2cc3ccccc3n2S(=O)(=O)C2(C)CC=CC(Cl)=C2CCOC2CCCCO2)CC1. The van der Waals surface area contributed by atoms with E-state index in [1.807, 2.05) is 37.3 Å². The lowest BCUT2D eigenvalue weighted by molar-refractivity contribution is -0.161. The van der Waals surface area contributed by atoms with E-state index in [4.69, 9.17) is 21.1 Å². The fourth-order valence-corrected chi connectivity index (χ4v) is 7.77. The summed E-state index contributed by atoms with van der Waals surface area (Å²) in [6, 6.07) is 9.24. The van der Waals surface area contributed by atoms with Crippen LogP contribution in [0.5, 0.6) is 0 Å². The van der Waals surface area contributed by atoms with Crippen molar-refractivity contribution in [1.29, 1.82) is 0 Å². The van der Waals surface area contributed by atoms with Gasteiger partial charge in [0.25, 0.3) is 0 Å². The molecule has 2 atom stereocenters. The van der Waals surface area contributed by atoms with E-state index in [2.05, 4.69) is 5.32 Å². The maximum absolute atomic E-state index is 14.5. The molecule has 1 amide bonds. The number of carbonyl (C=O) groups excluding carboxylic acids is 1. The molecule has 2 heterocycles. The number of carbonyl (C=O) groups is 1. The standard InChI is InChI=1S/C28H35ClN2O5S/c1-27(14-15-27)26(32)30-19-21-18-20-8-3-4-10-24(20)31(21)37(33,34)28(2)13-7-9-23(29)22(28)12-17-36-25-11-5-6-16-35-25/h3-4,7-10,18,25H,5-6,11-17,19H2,1-2H3,(H,30,32). The normalized spacial score (nSPS) is 25.4. The molecule has 1 aliphatic heterocycles. The molecule has 37 heavy (non-hydrogen) atoms. The van der Waals surface area contributed by atoms with E-state index in [9.17, 15) is 13.2 Å². The van der Waals surface area contributed by atoms with Gasteiger partial charge in [-0.3, -0.25) is 4.79 Å². The Hall–Kier alpha value is -2.13. The molecule has 9 heteroatoms. The van der Waals surface area contributed by atoms with Crippen molar-refractivity contribution in [3.63, 3.8) is 0 Å². The zero-order valence-electron chi connectivity index (χ0n) is 21.5. The number of hydrogen-bond acceptors (Lipinski definition) is 5. The number of nitrogens with one attached hydrogen (secondary N) is 1. The zero-order valence-corrected chi connectivity index (χ0v) is 23.0. The molecule has 2 fully saturated rings. The van der Waals surface area contributed by atoms with Crippen molar-refractivity contribution >= 4 is 38.4 Å². The number of amides is 1. The van der Waals surface area contributed by atoms with Crippen molar-refractivity contribution < 1.29 is 22.7 Å². The van der Waals surface area contributed by atoms with Crippen LogP contribution in [0.4, 0.5) is 0 Å². The highest BCUT2D eigenvalue weighted by molar-refractivity contribution is 7.91. The fourth-order valence-electron chi connectivity index (χ4n) is 5.24. The molecule has 200 valence electrons. The Morgan fingerprint density at radius 2 is 2.03 bits per heavy atom. The number of hydrogen-bond donors (Lipinski definition) is 1. The van der Waals surface area contributed by atoms with Crippen LogP contribution in [0.2, 0.25) is 0 Å². The average molecular weight is 547 g/mol. The van der Waals surface area contributed by atoms with Gasteiger partial charge in [0.2, 0.25) is 15.9 Å². The third kappa shape index (κ3) is 5.01. The minimum Gasteiger partial charge on any atom is -0.353 e. The lowest BCUT2D eigenvalue weighted by atomic mass is 9.90. The summed E-state index contributed by atoms with van der Waals surface area (Å²) in [5.41, 5.74) is 1.39. The van der Waals surface area contributed by atoms with Gasteiger partial charge in [0.1, 0.15) is 4.75 Å². The largest absolute Gasteiger partial charge is 0.353 e. The number of allylic oxidation sites excluding steroid dienone is 3. The van der Waals surface area contributed by atoms with E-state index in [0.717, 1.165) is 37.5 Å². The number of para-hydroxylation sites is 1. The van der Waals surface area contributed by atoms with Crippen molar-refractivity contribution in [2.24, 2.45) is 5.41 Å². The number of halogens is 1. The van der Waals surface area contributed by atoms with Crippen LogP contribution in [0.1, 0.15) is 64.5 Å². The monoisotopic (exact) mass is 546 g/mol. The fraction of sp³-hybridized carbons (Fsp3) is 0.536. The maximum atomic E-state index is 14.5. The van der Waals surface area contributed by atoms with E-state index < -0.39 is 14.8 Å². The summed E-state index contributed by atoms with van der Waals surface area (Å²) in [6.07, 6.45) is 8.63. The minimum absolute atomic E-state index is 0.0424. The Morgan fingerprint density at radius 3 is 2.76 bits per heavy atom. The Kier molecular flexibility index (Phi) is 7.31. The molecule has 7 nitrogen and oxygen atoms in total. The first kappa shape index (κ1) is 26.5. The van der Waals surface area contributed by atoms with Gasteiger partial charge in [-0.15, -0.1) is 0 Å². The molecule has 0 bridgehead atoms. The van der Waals surface area contributed by atoms with Gasteiger partial charge in [0.05, 0.1) is 24.4 Å². The van der Waals surface area contributed by atoms with Crippen LogP contribution in [0.3, 0.4) is 0 Å². The molecule has 2 unspecified atom stereocenters. The van der Waals surface area contributed by atoms with Crippen LogP contribution in [0.25, 0.3) is 10.9 Å². The molecule has 1 saturated carbocycles. The summed E-state index contributed by atoms with van der Waals surface area (Å²) in [5, 5.41) is 4.20. The number of rotatable bonds is 9. The van der Waals surface area contributed by atoms with Crippen LogP contribution in [0.15, 0.2) is 53.1 Å². The van der Waals surface area contributed by atoms with Crippen LogP contribution >= 0.6 is 11.6 Å². The third-order valence-corrected chi connectivity index (χ3v) is 10.8. The number of nitrogens with zero attached hydrogens (tertiary/aromatic N) is 1. The van der Waals surface area contributed by atoms with E-state index in [1.165, 1.54) is 3.97 Å². The first-order valence-corrected chi connectivity index (χ1v) is 14.9. The second kappa shape index (κ2) is 10.2. The second-order valence-electron chi connectivity index (χ2n) is 10.8. The highest BCUT2D eigenvalue weighted by atomic mass is 35.5.